The fraction of sp³-hybridized carbons (Fsp3) is 0.333. The molecule has 0 unspecified atom stereocenters. The Morgan fingerprint density at radius 1 is 1.19 bits per heavy atom. The topological polar surface area (TPSA) is 50.2 Å². The number of likely N-dealkylation sites (tertiary alicyclic amines) is 1. The number of nitrogens with zero attached hydrogens (tertiary/aromatic N) is 3. The number of carbonyl (C=O) groups excluding carboxylic acids is 1. The number of hydrogen-bond donors (Lipinski definition) is 1. The first kappa shape index (κ1) is 17.5. The highest BCUT2D eigenvalue weighted by Gasteiger charge is 2.25. The number of hydrogen-bond acceptors (Lipinski definition) is 2. The van der Waals surface area contributed by atoms with Gasteiger partial charge in [0.05, 0.1) is 11.0 Å². The lowest BCUT2D eigenvalue weighted by Gasteiger charge is -2.33. The highest BCUT2D eigenvalue weighted by atomic mass is 19.1. The van der Waals surface area contributed by atoms with Gasteiger partial charge < -0.3 is 14.8 Å². The molecule has 2 amide bonds. The quantitative estimate of drug-likeness (QED) is 0.761. The predicted molar refractivity (Wildman–Crippen MR) is 103 cm³/mol. The third-order valence-corrected chi connectivity index (χ3v) is 5.23. The van der Waals surface area contributed by atoms with Gasteiger partial charge in [0.25, 0.3) is 0 Å². The Labute approximate surface area is 157 Å². The Balaban J connectivity index is 1.39. The van der Waals surface area contributed by atoms with Crippen molar-refractivity contribution in [2.24, 2.45) is 0 Å². The third kappa shape index (κ3) is 3.65. The molecular weight excluding hydrogens is 343 g/mol. The maximum absolute atomic E-state index is 13.5. The van der Waals surface area contributed by atoms with Gasteiger partial charge in [0, 0.05) is 31.7 Å². The Hall–Kier alpha value is -2.89. The van der Waals surface area contributed by atoms with E-state index in [0.29, 0.717) is 25.2 Å². The number of aromatic nitrogens is 2. The van der Waals surface area contributed by atoms with Crippen LogP contribution in [0.2, 0.25) is 0 Å². The van der Waals surface area contributed by atoms with Crippen LogP contribution in [-0.2, 0) is 6.54 Å². The van der Waals surface area contributed by atoms with Gasteiger partial charge in [0.15, 0.2) is 0 Å². The highest BCUT2D eigenvalue weighted by molar-refractivity contribution is 5.76. The van der Waals surface area contributed by atoms with Crippen LogP contribution in [0.1, 0.15) is 30.3 Å². The second kappa shape index (κ2) is 7.39. The van der Waals surface area contributed by atoms with Crippen LogP contribution < -0.4 is 5.32 Å². The normalized spacial score (nSPS) is 15.3. The molecule has 2 aromatic carbocycles. The van der Waals surface area contributed by atoms with E-state index in [0.717, 1.165) is 29.7 Å². The summed E-state index contributed by atoms with van der Waals surface area (Å²) in [6.07, 6.45) is 1.73. The van der Waals surface area contributed by atoms with Gasteiger partial charge in [-0.3, -0.25) is 0 Å². The van der Waals surface area contributed by atoms with Crippen LogP contribution in [0.5, 0.6) is 0 Å². The molecule has 0 bridgehead atoms. The van der Waals surface area contributed by atoms with Crippen LogP contribution in [0.25, 0.3) is 11.0 Å². The molecule has 140 valence electrons. The molecule has 1 fully saturated rings. The van der Waals surface area contributed by atoms with Crippen molar-refractivity contribution in [3.05, 3.63) is 65.7 Å². The van der Waals surface area contributed by atoms with Gasteiger partial charge in [-0.25, -0.2) is 14.2 Å². The Morgan fingerprint density at radius 3 is 2.67 bits per heavy atom. The Kier molecular flexibility index (Phi) is 4.79. The summed E-state index contributed by atoms with van der Waals surface area (Å²) < 4.78 is 15.6. The molecular formula is C21H23FN4O. The fourth-order valence-electron chi connectivity index (χ4n) is 3.87. The SMILES string of the molecule is Cc1nc2cc(F)ccc2n1C1CCN(C(=O)NCc2ccccc2)CC1. The first-order valence-corrected chi connectivity index (χ1v) is 9.32. The second-order valence-electron chi connectivity index (χ2n) is 7.02. The molecule has 1 saturated heterocycles. The number of halogens is 1. The van der Waals surface area contributed by atoms with E-state index in [-0.39, 0.29) is 17.9 Å². The van der Waals surface area contributed by atoms with Crippen LogP contribution in [-0.4, -0.2) is 33.6 Å². The molecule has 3 aromatic rings. The standard InChI is InChI=1S/C21H23FN4O/c1-15-24-19-13-17(22)7-8-20(19)26(15)18-9-11-25(12-10-18)21(27)23-14-16-5-3-2-4-6-16/h2-8,13,18H,9-12,14H2,1H3,(H,23,27). The number of imidazole rings is 1. The average molecular weight is 366 g/mol. The molecule has 0 saturated carbocycles. The summed E-state index contributed by atoms with van der Waals surface area (Å²) in [6.45, 7) is 3.89. The highest BCUT2D eigenvalue weighted by Crippen LogP contribution is 2.29. The summed E-state index contributed by atoms with van der Waals surface area (Å²) in [6, 6.07) is 14.9. The Morgan fingerprint density at radius 2 is 1.93 bits per heavy atom. The van der Waals surface area contributed by atoms with Gasteiger partial charge in [-0.05, 0) is 37.5 Å². The third-order valence-electron chi connectivity index (χ3n) is 5.23. The van der Waals surface area contributed by atoms with Gasteiger partial charge >= 0.3 is 6.03 Å². The van der Waals surface area contributed by atoms with E-state index in [9.17, 15) is 9.18 Å². The van der Waals surface area contributed by atoms with E-state index in [1.54, 1.807) is 6.07 Å². The second-order valence-corrected chi connectivity index (χ2v) is 7.02. The van der Waals surface area contributed by atoms with Crippen LogP contribution in [0, 0.1) is 12.7 Å². The molecule has 4 rings (SSSR count). The van der Waals surface area contributed by atoms with Crippen LogP contribution in [0.4, 0.5) is 9.18 Å². The first-order chi connectivity index (χ1) is 13.1. The van der Waals surface area contributed by atoms with Crippen molar-refractivity contribution in [1.29, 1.82) is 0 Å². The molecule has 2 heterocycles. The number of piperidine rings is 1. The van der Waals surface area contributed by atoms with E-state index < -0.39 is 0 Å². The van der Waals surface area contributed by atoms with Crippen molar-refractivity contribution in [1.82, 2.24) is 19.8 Å². The number of fused-ring (bicyclic) bond motifs is 1. The number of rotatable bonds is 3. The number of amides is 2. The molecule has 1 aliphatic heterocycles. The molecule has 27 heavy (non-hydrogen) atoms. The van der Waals surface area contributed by atoms with Crippen molar-refractivity contribution in [2.75, 3.05) is 13.1 Å². The van der Waals surface area contributed by atoms with E-state index in [1.165, 1.54) is 12.1 Å². The van der Waals surface area contributed by atoms with Crippen molar-refractivity contribution in [3.63, 3.8) is 0 Å². The molecule has 1 aromatic heterocycles. The molecule has 1 aliphatic rings. The van der Waals surface area contributed by atoms with Gasteiger partial charge in [-0.15, -0.1) is 0 Å². The van der Waals surface area contributed by atoms with Crippen molar-refractivity contribution < 1.29 is 9.18 Å². The molecule has 0 aliphatic carbocycles. The molecule has 0 atom stereocenters. The number of carbonyl (C=O) groups is 1. The maximum Gasteiger partial charge on any atom is 0.317 e. The van der Waals surface area contributed by atoms with Crippen LogP contribution >= 0.6 is 0 Å². The maximum atomic E-state index is 13.5. The molecule has 0 radical (unpaired) electrons. The monoisotopic (exact) mass is 366 g/mol. The summed E-state index contributed by atoms with van der Waals surface area (Å²) >= 11 is 0. The largest absolute Gasteiger partial charge is 0.334 e. The summed E-state index contributed by atoms with van der Waals surface area (Å²) in [5, 5.41) is 2.99. The average Bonchev–Trinajstić information content (AvgIpc) is 3.01. The van der Waals surface area contributed by atoms with Crippen LogP contribution in [0.15, 0.2) is 48.5 Å². The smallest absolute Gasteiger partial charge is 0.317 e. The van der Waals surface area contributed by atoms with Gasteiger partial charge in [0.1, 0.15) is 11.6 Å². The number of aryl methyl sites for hydroxylation is 1. The fourth-order valence-corrected chi connectivity index (χ4v) is 3.87. The van der Waals surface area contributed by atoms with E-state index in [4.69, 9.17) is 0 Å². The summed E-state index contributed by atoms with van der Waals surface area (Å²) in [5.74, 6) is 0.625. The summed E-state index contributed by atoms with van der Waals surface area (Å²) in [7, 11) is 0. The number of urea groups is 1. The summed E-state index contributed by atoms with van der Waals surface area (Å²) in [4.78, 5) is 18.8. The Bertz CT molecular complexity index is 945. The minimum Gasteiger partial charge on any atom is -0.334 e. The predicted octanol–water partition coefficient (Wildman–Crippen LogP) is 4.03. The minimum absolute atomic E-state index is 0.0217. The number of nitrogens with one attached hydrogen (secondary N) is 1. The number of benzene rings is 2. The van der Waals surface area contributed by atoms with Crippen molar-refractivity contribution in [2.45, 2.75) is 32.4 Å². The van der Waals surface area contributed by atoms with E-state index >= 15 is 0 Å². The molecule has 0 spiro atoms. The molecule has 1 N–H and O–H groups in total. The van der Waals surface area contributed by atoms with Gasteiger partial charge in [0.2, 0.25) is 0 Å². The van der Waals surface area contributed by atoms with E-state index in [2.05, 4.69) is 14.9 Å². The zero-order chi connectivity index (χ0) is 18.8. The zero-order valence-corrected chi connectivity index (χ0v) is 15.4. The molecule has 5 nitrogen and oxygen atoms in total. The van der Waals surface area contributed by atoms with Gasteiger partial charge in [-0.1, -0.05) is 30.3 Å². The lowest BCUT2D eigenvalue weighted by Crippen LogP contribution is -2.44. The minimum atomic E-state index is -0.267. The van der Waals surface area contributed by atoms with E-state index in [1.807, 2.05) is 42.2 Å². The zero-order valence-electron chi connectivity index (χ0n) is 15.4. The summed E-state index contributed by atoms with van der Waals surface area (Å²) in [5.41, 5.74) is 2.74. The molecule has 6 heteroatoms. The van der Waals surface area contributed by atoms with Crippen LogP contribution in [0.3, 0.4) is 0 Å². The first-order valence-electron chi connectivity index (χ1n) is 9.32. The van der Waals surface area contributed by atoms with Gasteiger partial charge in [-0.2, -0.15) is 0 Å². The lowest BCUT2D eigenvalue weighted by atomic mass is 10.0. The van der Waals surface area contributed by atoms with Crippen molar-refractivity contribution in [3.8, 4) is 0 Å². The lowest BCUT2D eigenvalue weighted by molar-refractivity contribution is 0.171. The van der Waals surface area contributed by atoms with Crippen molar-refractivity contribution >= 4 is 17.1 Å².